The highest BCUT2D eigenvalue weighted by Gasteiger charge is 2.35. The highest BCUT2D eigenvalue weighted by Crippen LogP contribution is 2.35. The molecule has 0 aliphatic carbocycles. The number of amides is 1. The Morgan fingerprint density at radius 1 is 1.31 bits per heavy atom. The summed E-state index contributed by atoms with van der Waals surface area (Å²) in [6.07, 6.45) is 2.19. The van der Waals surface area contributed by atoms with Gasteiger partial charge in [-0.3, -0.25) is 4.79 Å². The molecule has 2 aromatic rings. The number of rotatable bonds is 6. The van der Waals surface area contributed by atoms with Gasteiger partial charge in [0.2, 0.25) is 5.88 Å². The number of nitrogens with zero attached hydrogens (tertiary/aromatic N) is 2. The summed E-state index contributed by atoms with van der Waals surface area (Å²) in [6.45, 7) is 2.41. The van der Waals surface area contributed by atoms with E-state index in [4.69, 9.17) is 32.7 Å². The molecule has 1 aromatic carbocycles. The van der Waals surface area contributed by atoms with E-state index in [1.807, 2.05) is 0 Å². The topological polar surface area (TPSA) is 89.0 Å². The Bertz CT molecular complexity index is 956. The first-order valence-corrected chi connectivity index (χ1v) is 9.56. The van der Waals surface area contributed by atoms with Gasteiger partial charge >= 0.3 is 5.97 Å². The fraction of sp³-hybridized carbons (Fsp3) is 0.316. The molecule has 1 N–H and O–H groups in total. The number of hydrogen-bond acceptors (Lipinski definition) is 5. The number of carbonyl (C=O) groups excluding carboxylic acids is 1. The second-order valence-corrected chi connectivity index (χ2v) is 7.06. The number of hydrogen-bond donors (Lipinski definition) is 1. The maximum atomic E-state index is 14.6. The van der Waals surface area contributed by atoms with Crippen LogP contribution in [-0.2, 0) is 4.79 Å². The molecule has 29 heavy (non-hydrogen) atoms. The van der Waals surface area contributed by atoms with Crippen LogP contribution >= 0.6 is 23.2 Å². The molecule has 0 spiro atoms. The van der Waals surface area contributed by atoms with Gasteiger partial charge in [0.05, 0.1) is 23.4 Å². The van der Waals surface area contributed by atoms with Gasteiger partial charge in [0.15, 0.2) is 0 Å². The predicted molar refractivity (Wildman–Crippen MR) is 104 cm³/mol. The molecule has 1 aromatic heterocycles. The lowest BCUT2D eigenvalue weighted by Gasteiger charge is -2.22. The fourth-order valence-corrected chi connectivity index (χ4v) is 3.44. The molecule has 0 radical (unpaired) electrons. The summed E-state index contributed by atoms with van der Waals surface area (Å²) in [7, 11) is 0. The second-order valence-electron chi connectivity index (χ2n) is 6.25. The number of aromatic nitrogens is 1. The molecule has 0 unspecified atom stereocenters. The lowest BCUT2D eigenvalue weighted by Crippen LogP contribution is -2.40. The monoisotopic (exact) mass is 442 g/mol. The number of benzene rings is 1. The second kappa shape index (κ2) is 8.84. The molecule has 3 rings (SSSR count). The van der Waals surface area contributed by atoms with Gasteiger partial charge in [-0.1, -0.05) is 23.2 Å². The van der Waals surface area contributed by atoms with Crippen molar-refractivity contribution in [3.63, 3.8) is 0 Å². The van der Waals surface area contributed by atoms with Crippen molar-refractivity contribution in [2.75, 3.05) is 13.2 Å². The molecular weight excluding hydrogens is 426 g/mol. The van der Waals surface area contributed by atoms with E-state index in [0.717, 1.165) is 17.0 Å². The Morgan fingerprint density at radius 3 is 2.72 bits per heavy atom. The van der Waals surface area contributed by atoms with E-state index in [1.165, 1.54) is 12.3 Å². The fourth-order valence-electron chi connectivity index (χ4n) is 3.03. The summed E-state index contributed by atoms with van der Waals surface area (Å²) in [6, 6.07) is 2.55. The van der Waals surface area contributed by atoms with E-state index < -0.39 is 23.7 Å². The minimum Gasteiger partial charge on any atom is -0.480 e. The molecule has 1 aliphatic rings. The third-order valence-corrected chi connectivity index (χ3v) is 4.91. The summed E-state index contributed by atoms with van der Waals surface area (Å²) >= 11 is 12.2. The molecular formula is C19H17Cl2FN2O5. The molecule has 1 saturated heterocycles. The van der Waals surface area contributed by atoms with E-state index >= 15 is 0 Å². The van der Waals surface area contributed by atoms with Crippen molar-refractivity contribution < 1.29 is 28.6 Å². The van der Waals surface area contributed by atoms with Crippen molar-refractivity contribution in [2.45, 2.75) is 25.8 Å². The van der Waals surface area contributed by atoms with Gasteiger partial charge in [-0.15, -0.1) is 0 Å². The highest BCUT2D eigenvalue weighted by molar-refractivity contribution is 6.32. The zero-order valence-electron chi connectivity index (χ0n) is 15.3. The normalized spacial score (nSPS) is 16.0. The average molecular weight is 443 g/mol. The third kappa shape index (κ3) is 4.54. The van der Waals surface area contributed by atoms with Crippen LogP contribution in [0.5, 0.6) is 17.4 Å². The maximum Gasteiger partial charge on any atom is 0.326 e. The largest absolute Gasteiger partial charge is 0.480 e. The van der Waals surface area contributed by atoms with E-state index in [0.29, 0.717) is 19.4 Å². The van der Waals surface area contributed by atoms with Crippen LogP contribution < -0.4 is 9.47 Å². The Balaban J connectivity index is 1.83. The molecule has 1 atom stereocenters. The van der Waals surface area contributed by atoms with Crippen LogP contribution in [0.25, 0.3) is 0 Å². The first-order chi connectivity index (χ1) is 13.8. The molecule has 1 fully saturated rings. The van der Waals surface area contributed by atoms with Crippen molar-refractivity contribution in [3.8, 4) is 17.4 Å². The van der Waals surface area contributed by atoms with Gasteiger partial charge in [0.1, 0.15) is 28.4 Å². The number of ether oxygens (including phenoxy) is 2. The first-order valence-electron chi connectivity index (χ1n) is 8.80. The first kappa shape index (κ1) is 21.1. The molecule has 0 saturated carbocycles. The minimum atomic E-state index is -1.12. The summed E-state index contributed by atoms with van der Waals surface area (Å²) in [5.74, 6) is -2.34. The molecule has 7 nitrogen and oxygen atoms in total. The van der Waals surface area contributed by atoms with Crippen molar-refractivity contribution in [3.05, 3.63) is 45.8 Å². The Labute approximate surface area is 175 Å². The van der Waals surface area contributed by atoms with Crippen LogP contribution in [0.1, 0.15) is 30.1 Å². The van der Waals surface area contributed by atoms with Crippen LogP contribution in [0.3, 0.4) is 0 Å². The highest BCUT2D eigenvalue weighted by atomic mass is 35.5. The Kier molecular flexibility index (Phi) is 6.44. The Morgan fingerprint density at radius 2 is 2.07 bits per heavy atom. The maximum absolute atomic E-state index is 14.6. The van der Waals surface area contributed by atoms with Crippen LogP contribution in [0.15, 0.2) is 24.4 Å². The number of halogens is 3. The van der Waals surface area contributed by atoms with E-state index in [2.05, 4.69) is 4.98 Å². The van der Waals surface area contributed by atoms with Crippen LogP contribution in [0.4, 0.5) is 4.39 Å². The number of aliphatic carboxylic acids is 1. The molecule has 10 heteroatoms. The number of pyridine rings is 1. The van der Waals surface area contributed by atoms with Gasteiger partial charge < -0.3 is 19.5 Å². The predicted octanol–water partition coefficient (Wildman–Crippen LogP) is 4.41. The van der Waals surface area contributed by atoms with Gasteiger partial charge in [-0.2, -0.15) is 0 Å². The number of likely N-dealkylation sites (tertiary alicyclic amines) is 1. The number of carboxylic acid groups (broad SMARTS) is 1. The Hall–Kier alpha value is -2.58. The van der Waals surface area contributed by atoms with E-state index in [9.17, 15) is 19.1 Å². The summed E-state index contributed by atoms with van der Waals surface area (Å²) in [5, 5.41) is 9.42. The minimum absolute atomic E-state index is 0.0224. The van der Waals surface area contributed by atoms with Gasteiger partial charge in [0.25, 0.3) is 5.91 Å². The summed E-state index contributed by atoms with van der Waals surface area (Å²) in [5.41, 5.74) is -0.321. The molecule has 154 valence electrons. The molecule has 0 bridgehead atoms. The lowest BCUT2D eigenvalue weighted by atomic mass is 10.1. The van der Waals surface area contributed by atoms with Crippen molar-refractivity contribution in [1.29, 1.82) is 0 Å². The number of carbonyl (C=O) groups is 2. The van der Waals surface area contributed by atoms with Crippen LogP contribution in [-0.4, -0.2) is 46.1 Å². The van der Waals surface area contributed by atoms with Crippen molar-refractivity contribution in [2.24, 2.45) is 0 Å². The lowest BCUT2D eigenvalue weighted by molar-refractivity contribution is -0.141. The number of carboxylic acids is 1. The van der Waals surface area contributed by atoms with Crippen LogP contribution in [0, 0.1) is 5.82 Å². The third-order valence-electron chi connectivity index (χ3n) is 4.34. The van der Waals surface area contributed by atoms with E-state index in [-0.39, 0.29) is 39.5 Å². The van der Waals surface area contributed by atoms with Crippen LogP contribution in [0.2, 0.25) is 10.0 Å². The molecule has 1 aliphatic heterocycles. The summed E-state index contributed by atoms with van der Waals surface area (Å²) < 4.78 is 25.4. The smallest absolute Gasteiger partial charge is 0.326 e. The zero-order valence-corrected chi connectivity index (χ0v) is 16.8. The molecule has 2 heterocycles. The average Bonchev–Trinajstić information content (AvgIpc) is 3.16. The van der Waals surface area contributed by atoms with Crippen molar-refractivity contribution >= 4 is 35.1 Å². The van der Waals surface area contributed by atoms with Gasteiger partial charge in [-0.05, 0) is 25.8 Å². The standard InChI is InChI=1S/C19H17Cl2FN2O5/c1-2-28-17-13(21)6-10(9-23-17)29-16-8-14(22)11(7-12(16)20)18(25)24-5-3-4-15(24)19(26)27/h6-9,15H,2-5H2,1H3,(H,26,27)/t15-/m0/s1. The quantitative estimate of drug-likeness (QED) is 0.712. The van der Waals surface area contributed by atoms with Crippen molar-refractivity contribution in [1.82, 2.24) is 9.88 Å². The van der Waals surface area contributed by atoms with Gasteiger partial charge in [0, 0.05) is 18.7 Å². The van der Waals surface area contributed by atoms with Gasteiger partial charge in [-0.25, -0.2) is 14.2 Å². The molecule has 1 amide bonds. The summed E-state index contributed by atoms with van der Waals surface area (Å²) in [4.78, 5) is 29.1. The van der Waals surface area contributed by atoms with E-state index in [1.54, 1.807) is 6.92 Å². The SMILES string of the molecule is CCOc1ncc(Oc2cc(F)c(C(=O)N3CCC[C@H]3C(=O)O)cc2Cl)cc1Cl. The zero-order chi connectivity index (χ0) is 21.1.